The Balaban J connectivity index is 2.53. The molecule has 0 spiro atoms. The Bertz CT molecular complexity index is 831. The predicted octanol–water partition coefficient (Wildman–Crippen LogP) is 6.60. The zero-order chi connectivity index (χ0) is 22.1. The summed E-state index contributed by atoms with van der Waals surface area (Å²) < 4.78 is 23.5. The smallest absolute Gasteiger partial charge is 0.361 e. The summed E-state index contributed by atoms with van der Waals surface area (Å²) in [5, 5.41) is 3.96. The third-order valence-electron chi connectivity index (χ3n) is 4.59. The highest BCUT2D eigenvalue weighted by atomic mass is 127. The van der Waals surface area contributed by atoms with Gasteiger partial charge in [0.2, 0.25) is 5.69 Å². The van der Waals surface area contributed by atoms with Crippen LogP contribution in [0.15, 0.2) is 16.7 Å². The van der Waals surface area contributed by atoms with E-state index in [9.17, 15) is 4.79 Å². The summed E-state index contributed by atoms with van der Waals surface area (Å²) >= 11 is 2.08. The van der Waals surface area contributed by atoms with Gasteiger partial charge in [-0.25, -0.2) is 4.79 Å². The lowest BCUT2D eigenvalue weighted by molar-refractivity contribution is 0.0513. The molecule has 0 atom stereocenters. The fourth-order valence-corrected chi connectivity index (χ4v) is 3.58. The van der Waals surface area contributed by atoms with E-state index in [4.69, 9.17) is 18.7 Å². The van der Waals surface area contributed by atoms with Crippen molar-refractivity contribution in [2.75, 3.05) is 19.8 Å². The van der Waals surface area contributed by atoms with Crippen LogP contribution >= 0.6 is 22.6 Å². The van der Waals surface area contributed by atoms with Crippen molar-refractivity contribution < 1.29 is 23.5 Å². The van der Waals surface area contributed by atoms with Crippen molar-refractivity contribution in [3.63, 3.8) is 0 Å². The molecule has 0 unspecified atom stereocenters. The molecule has 166 valence electrons. The first kappa shape index (κ1) is 24.5. The Morgan fingerprint density at radius 1 is 1.07 bits per heavy atom. The molecular weight excluding hydrogens is 497 g/mol. The average molecular weight is 529 g/mol. The van der Waals surface area contributed by atoms with Gasteiger partial charge in [0.05, 0.1) is 29.0 Å². The van der Waals surface area contributed by atoms with Crippen LogP contribution in [0.3, 0.4) is 0 Å². The number of aromatic nitrogens is 1. The number of rotatable bonds is 12. The van der Waals surface area contributed by atoms with E-state index < -0.39 is 5.97 Å². The summed E-state index contributed by atoms with van der Waals surface area (Å²) in [6, 6.07) is 3.98. The fourth-order valence-electron chi connectivity index (χ4n) is 2.88. The third-order valence-corrected chi connectivity index (χ3v) is 5.59. The highest BCUT2D eigenvalue weighted by Gasteiger charge is 2.26. The van der Waals surface area contributed by atoms with E-state index >= 15 is 0 Å². The van der Waals surface area contributed by atoms with Crippen LogP contribution < -0.4 is 9.47 Å². The van der Waals surface area contributed by atoms with E-state index in [1.807, 2.05) is 12.1 Å². The molecule has 1 heterocycles. The first-order valence-electron chi connectivity index (χ1n) is 10.7. The van der Waals surface area contributed by atoms with Crippen LogP contribution in [0, 0.1) is 3.57 Å². The van der Waals surface area contributed by atoms with E-state index in [1.54, 1.807) is 6.92 Å². The van der Waals surface area contributed by atoms with Crippen molar-refractivity contribution >= 4 is 28.6 Å². The minimum Gasteiger partial charge on any atom is -0.493 e. The number of carbonyl (C=O) groups excluding carboxylic acids is 1. The molecule has 1 aromatic carbocycles. The minimum atomic E-state index is -0.492. The predicted molar refractivity (Wildman–Crippen MR) is 126 cm³/mol. The summed E-state index contributed by atoms with van der Waals surface area (Å²) in [6.45, 7) is 11.8. The summed E-state index contributed by atoms with van der Waals surface area (Å²) in [7, 11) is 0. The van der Waals surface area contributed by atoms with E-state index in [0.29, 0.717) is 28.3 Å². The molecule has 0 aliphatic carbocycles. The largest absolute Gasteiger partial charge is 0.493 e. The second-order valence-corrected chi connectivity index (χ2v) is 8.42. The van der Waals surface area contributed by atoms with Gasteiger partial charge in [0.15, 0.2) is 5.76 Å². The number of hydrogen-bond acceptors (Lipinski definition) is 6. The van der Waals surface area contributed by atoms with Crippen molar-refractivity contribution in [1.82, 2.24) is 5.16 Å². The standard InChI is InChI=1S/C23H32INO5/c1-6-9-11-28-18-14-19(29-12-10-7-2)17(13-16(18)15(4)5)22-20(24)21(25-30-22)23(26)27-8-3/h13-15H,6-12H2,1-5H3. The van der Waals surface area contributed by atoms with Crippen LogP contribution in [-0.4, -0.2) is 30.9 Å². The van der Waals surface area contributed by atoms with Gasteiger partial charge in [0, 0.05) is 6.07 Å². The molecule has 0 aliphatic heterocycles. The van der Waals surface area contributed by atoms with E-state index in [2.05, 4.69) is 55.4 Å². The number of ether oxygens (including phenoxy) is 3. The molecule has 0 fully saturated rings. The van der Waals surface area contributed by atoms with Crippen molar-refractivity contribution in [3.05, 3.63) is 27.0 Å². The number of benzene rings is 1. The molecule has 1 aromatic heterocycles. The van der Waals surface area contributed by atoms with Gasteiger partial charge >= 0.3 is 5.97 Å². The quantitative estimate of drug-likeness (QED) is 0.175. The van der Waals surface area contributed by atoms with Gasteiger partial charge in [0.1, 0.15) is 11.5 Å². The molecule has 30 heavy (non-hydrogen) atoms. The van der Waals surface area contributed by atoms with Crippen molar-refractivity contribution in [2.45, 2.75) is 66.2 Å². The first-order valence-corrected chi connectivity index (χ1v) is 11.8. The second-order valence-electron chi connectivity index (χ2n) is 7.34. The highest BCUT2D eigenvalue weighted by Crippen LogP contribution is 2.41. The molecule has 7 heteroatoms. The van der Waals surface area contributed by atoms with Crippen molar-refractivity contribution in [3.8, 4) is 22.8 Å². The highest BCUT2D eigenvalue weighted by molar-refractivity contribution is 14.1. The number of halogens is 1. The van der Waals surface area contributed by atoms with E-state index in [-0.39, 0.29) is 18.2 Å². The van der Waals surface area contributed by atoms with Gasteiger partial charge in [-0.2, -0.15) is 0 Å². The van der Waals surface area contributed by atoms with Crippen LogP contribution in [0.2, 0.25) is 0 Å². The van der Waals surface area contributed by atoms with Crippen LogP contribution in [0.25, 0.3) is 11.3 Å². The minimum absolute atomic E-state index is 0.182. The van der Waals surface area contributed by atoms with Crippen molar-refractivity contribution in [2.24, 2.45) is 0 Å². The molecule has 0 saturated carbocycles. The fraction of sp³-hybridized carbons (Fsp3) is 0.565. The first-order chi connectivity index (χ1) is 14.4. The Kier molecular flexibility index (Phi) is 9.94. The molecule has 0 bridgehead atoms. The zero-order valence-electron chi connectivity index (χ0n) is 18.5. The number of nitrogens with zero attached hydrogens (tertiary/aromatic N) is 1. The average Bonchev–Trinajstić information content (AvgIpc) is 3.09. The Labute approximate surface area is 192 Å². The SMILES string of the molecule is CCCCOc1cc(OCCCC)c(C(C)C)cc1-c1onc(C(=O)OCC)c1I. The lowest BCUT2D eigenvalue weighted by atomic mass is 9.97. The Morgan fingerprint density at radius 3 is 2.27 bits per heavy atom. The molecule has 0 N–H and O–H groups in total. The summed E-state index contributed by atoms with van der Waals surface area (Å²) in [6.07, 6.45) is 4.04. The van der Waals surface area contributed by atoms with Crippen LogP contribution in [0.4, 0.5) is 0 Å². The monoisotopic (exact) mass is 529 g/mol. The number of carbonyl (C=O) groups is 1. The zero-order valence-corrected chi connectivity index (χ0v) is 20.7. The molecule has 6 nitrogen and oxygen atoms in total. The van der Waals surface area contributed by atoms with E-state index in [0.717, 1.165) is 42.6 Å². The Hall–Kier alpha value is -1.77. The molecule has 0 radical (unpaired) electrons. The molecular formula is C23H32INO5. The van der Waals surface area contributed by atoms with Crippen LogP contribution in [0.5, 0.6) is 11.5 Å². The van der Waals surface area contributed by atoms with Gasteiger partial charge in [0.25, 0.3) is 0 Å². The topological polar surface area (TPSA) is 70.8 Å². The third kappa shape index (κ3) is 6.12. The molecule has 2 aromatic rings. The Morgan fingerprint density at radius 2 is 1.70 bits per heavy atom. The van der Waals surface area contributed by atoms with Gasteiger partial charge in [-0.1, -0.05) is 45.7 Å². The summed E-state index contributed by atoms with van der Waals surface area (Å²) in [5.41, 5.74) is 2.01. The molecule has 2 rings (SSSR count). The maximum absolute atomic E-state index is 12.2. The maximum Gasteiger partial charge on any atom is 0.361 e. The summed E-state index contributed by atoms with van der Waals surface area (Å²) in [5.74, 6) is 1.76. The lowest BCUT2D eigenvalue weighted by Gasteiger charge is -2.18. The number of unbranched alkanes of at least 4 members (excludes halogenated alkanes) is 2. The number of esters is 1. The normalized spacial score (nSPS) is 11.0. The lowest BCUT2D eigenvalue weighted by Crippen LogP contribution is -2.07. The van der Waals surface area contributed by atoms with E-state index in [1.165, 1.54) is 0 Å². The van der Waals surface area contributed by atoms with Gasteiger partial charge in [-0.05, 0) is 59.9 Å². The van der Waals surface area contributed by atoms with Gasteiger partial charge in [-0.15, -0.1) is 0 Å². The van der Waals surface area contributed by atoms with Crippen LogP contribution in [-0.2, 0) is 4.74 Å². The molecule has 0 saturated heterocycles. The maximum atomic E-state index is 12.2. The number of hydrogen-bond donors (Lipinski definition) is 0. The van der Waals surface area contributed by atoms with Gasteiger partial charge in [-0.3, -0.25) is 0 Å². The second kappa shape index (κ2) is 12.2. The van der Waals surface area contributed by atoms with Crippen LogP contribution in [0.1, 0.15) is 82.3 Å². The van der Waals surface area contributed by atoms with Crippen molar-refractivity contribution in [1.29, 1.82) is 0 Å². The van der Waals surface area contributed by atoms with Gasteiger partial charge < -0.3 is 18.7 Å². The molecule has 0 aliphatic rings. The molecule has 0 amide bonds. The summed E-state index contributed by atoms with van der Waals surface area (Å²) in [4.78, 5) is 12.2.